The van der Waals surface area contributed by atoms with E-state index in [1.165, 1.54) is 4.88 Å². The van der Waals surface area contributed by atoms with Crippen LogP contribution < -0.4 is 0 Å². The van der Waals surface area contributed by atoms with E-state index in [1.54, 1.807) is 39.7 Å². The van der Waals surface area contributed by atoms with Crippen molar-refractivity contribution in [1.29, 1.82) is 0 Å². The van der Waals surface area contributed by atoms with E-state index >= 15 is 0 Å². The Morgan fingerprint density at radius 1 is 1.29 bits per heavy atom. The molecule has 0 bridgehead atoms. The highest BCUT2D eigenvalue weighted by Crippen LogP contribution is 2.22. The fourth-order valence-electron chi connectivity index (χ4n) is 1.95. The second-order valence-electron chi connectivity index (χ2n) is 4.63. The van der Waals surface area contributed by atoms with Gasteiger partial charge in [-0.25, -0.2) is 4.98 Å². The number of carbonyl (C=O) groups excluding carboxylic acids is 1. The number of nitrogens with zero attached hydrogens (tertiary/aromatic N) is 2. The molecule has 0 spiro atoms. The number of fused-ring (bicyclic) bond motifs is 1. The second-order valence-corrected chi connectivity index (χ2v) is 6.72. The van der Waals surface area contributed by atoms with E-state index in [0.717, 1.165) is 15.2 Å². The molecule has 0 radical (unpaired) electrons. The third kappa shape index (κ3) is 3.37. The van der Waals surface area contributed by atoms with Crippen LogP contribution in [0.3, 0.4) is 0 Å². The van der Waals surface area contributed by atoms with Crippen molar-refractivity contribution in [1.82, 2.24) is 9.88 Å². The highest BCUT2D eigenvalue weighted by Gasteiger charge is 2.07. The normalized spacial score (nSPS) is 11.3. The Balaban J connectivity index is 1.68. The van der Waals surface area contributed by atoms with Crippen molar-refractivity contribution in [3.8, 4) is 0 Å². The Morgan fingerprint density at radius 3 is 2.90 bits per heavy atom. The zero-order valence-corrected chi connectivity index (χ0v) is 13.2. The summed E-state index contributed by atoms with van der Waals surface area (Å²) in [6.45, 7) is 0.640. The molecule has 0 aliphatic carbocycles. The molecule has 3 rings (SSSR count). The Hall–Kier alpha value is -1.98. The van der Waals surface area contributed by atoms with E-state index in [4.69, 9.17) is 0 Å². The van der Waals surface area contributed by atoms with Gasteiger partial charge in [-0.2, -0.15) is 0 Å². The predicted octanol–water partition coefficient (Wildman–Crippen LogP) is 4.03. The van der Waals surface area contributed by atoms with Gasteiger partial charge in [0.15, 0.2) is 0 Å². The fourth-order valence-corrected chi connectivity index (χ4v) is 3.57. The van der Waals surface area contributed by atoms with Gasteiger partial charge in [0.2, 0.25) is 5.91 Å². The van der Waals surface area contributed by atoms with Gasteiger partial charge >= 0.3 is 0 Å². The van der Waals surface area contributed by atoms with Gasteiger partial charge < -0.3 is 4.90 Å². The predicted molar refractivity (Wildman–Crippen MR) is 89.4 cm³/mol. The van der Waals surface area contributed by atoms with Gasteiger partial charge in [0.1, 0.15) is 5.01 Å². The molecule has 3 nitrogen and oxygen atoms in total. The summed E-state index contributed by atoms with van der Waals surface area (Å²) in [6.07, 6.45) is 3.38. The maximum absolute atomic E-state index is 12.1. The van der Waals surface area contributed by atoms with Crippen molar-refractivity contribution < 1.29 is 4.79 Å². The number of para-hydroxylation sites is 1. The lowest BCUT2D eigenvalue weighted by Crippen LogP contribution is -2.23. The zero-order chi connectivity index (χ0) is 14.7. The van der Waals surface area contributed by atoms with Crippen molar-refractivity contribution in [2.45, 2.75) is 6.54 Å². The summed E-state index contributed by atoms with van der Waals surface area (Å²) in [5, 5.41) is 2.87. The van der Waals surface area contributed by atoms with Crippen LogP contribution in [-0.2, 0) is 11.3 Å². The number of aromatic nitrogens is 1. The van der Waals surface area contributed by atoms with Crippen LogP contribution in [0.1, 0.15) is 9.88 Å². The summed E-state index contributed by atoms with van der Waals surface area (Å²) < 4.78 is 1.14. The summed E-state index contributed by atoms with van der Waals surface area (Å²) in [6, 6.07) is 12.0. The van der Waals surface area contributed by atoms with Crippen LogP contribution >= 0.6 is 22.7 Å². The van der Waals surface area contributed by atoms with Gasteiger partial charge in [-0.15, -0.1) is 22.7 Å². The molecule has 106 valence electrons. The lowest BCUT2D eigenvalue weighted by atomic mass is 10.3. The van der Waals surface area contributed by atoms with Gasteiger partial charge in [0.05, 0.1) is 16.8 Å². The topological polar surface area (TPSA) is 33.2 Å². The van der Waals surface area contributed by atoms with Gasteiger partial charge in [0, 0.05) is 18.0 Å². The van der Waals surface area contributed by atoms with Crippen LogP contribution in [0, 0.1) is 0 Å². The van der Waals surface area contributed by atoms with Crippen LogP contribution in [0.2, 0.25) is 0 Å². The lowest BCUT2D eigenvalue weighted by molar-refractivity contribution is -0.125. The summed E-state index contributed by atoms with van der Waals surface area (Å²) in [4.78, 5) is 19.4. The molecule has 3 aromatic rings. The van der Waals surface area contributed by atoms with Crippen LogP contribution in [0.15, 0.2) is 47.9 Å². The third-order valence-electron chi connectivity index (χ3n) is 3.03. The quantitative estimate of drug-likeness (QED) is 0.681. The second kappa shape index (κ2) is 6.20. The van der Waals surface area contributed by atoms with Crippen LogP contribution in [0.5, 0.6) is 0 Å². The van der Waals surface area contributed by atoms with E-state index in [0.29, 0.717) is 6.54 Å². The van der Waals surface area contributed by atoms with E-state index in [-0.39, 0.29) is 5.91 Å². The summed E-state index contributed by atoms with van der Waals surface area (Å²) >= 11 is 3.25. The van der Waals surface area contributed by atoms with E-state index in [2.05, 4.69) is 4.98 Å². The number of likely N-dealkylation sites (N-methyl/N-ethyl adjacent to an activating group) is 1. The number of thiophene rings is 1. The minimum Gasteiger partial charge on any atom is -0.337 e. The van der Waals surface area contributed by atoms with E-state index in [9.17, 15) is 4.79 Å². The molecule has 0 aliphatic rings. The van der Waals surface area contributed by atoms with Gasteiger partial charge in [0.25, 0.3) is 0 Å². The number of rotatable bonds is 4. The molecule has 0 saturated carbocycles. The van der Waals surface area contributed by atoms with Crippen LogP contribution in [0.25, 0.3) is 16.3 Å². The SMILES string of the molecule is CN(Cc1cccs1)C(=O)/C=C/c1nc2ccccc2s1. The molecule has 0 saturated heterocycles. The first kappa shape index (κ1) is 14.0. The van der Waals surface area contributed by atoms with Crippen molar-refractivity contribution in [3.63, 3.8) is 0 Å². The number of hydrogen-bond acceptors (Lipinski definition) is 4. The zero-order valence-electron chi connectivity index (χ0n) is 11.5. The Morgan fingerprint density at radius 2 is 2.14 bits per heavy atom. The molecule has 1 amide bonds. The molecule has 0 unspecified atom stereocenters. The Kier molecular flexibility index (Phi) is 4.13. The molecule has 0 aliphatic heterocycles. The third-order valence-corrected chi connectivity index (χ3v) is 4.89. The van der Waals surface area contributed by atoms with Crippen LogP contribution in [0.4, 0.5) is 0 Å². The van der Waals surface area contributed by atoms with E-state index < -0.39 is 0 Å². The molecule has 2 aromatic heterocycles. The number of hydrogen-bond donors (Lipinski definition) is 0. The van der Waals surface area contributed by atoms with Crippen molar-refractivity contribution in [3.05, 3.63) is 57.7 Å². The first-order valence-electron chi connectivity index (χ1n) is 6.53. The number of amides is 1. The Labute approximate surface area is 131 Å². The smallest absolute Gasteiger partial charge is 0.246 e. The summed E-state index contributed by atoms with van der Waals surface area (Å²) in [5.74, 6) is -0.0114. The number of carbonyl (C=O) groups is 1. The maximum atomic E-state index is 12.1. The molecule has 2 heterocycles. The number of thiazole rings is 1. The minimum atomic E-state index is -0.0114. The largest absolute Gasteiger partial charge is 0.337 e. The Bertz CT molecular complexity index is 742. The van der Waals surface area contributed by atoms with Gasteiger partial charge in [-0.05, 0) is 29.7 Å². The monoisotopic (exact) mass is 314 g/mol. The van der Waals surface area contributed by atoms with Crippen molar-refractivity contribution >= 4 is 44.9 Å². The standard InChI is InChI=1S/C16H14N2OS2/c1-18(11-12-5-4-10-20-12)16(19)9-8-15-17-13-6-2-3-7-14(13)21-15/h2-10H,11H2,1H3/b9-8+. The minimum absolute atomic E-state index is 0.0114. The summed E-state index contributed by atoms with van der Waals surface area (Å²) in [7, 11) is 1.81. The molecule has 0 N–H and O–H groups in total. The number of benzene rings is 1. The molecule has 5 heteroatoms. The average Bonchev–Trinajstić information content (AvgIpc) is 3.13. The molecule has 0 fully saturated rings. The average molecular weight is 314 g/mol. The first-order chi connectivity index (χ1) is 10.2. The first-order valence-corrected chi connectivity index (χ1v) is 8.23. The van der Waals surface area contributed by atoms with Gasteiger partial charge in [-0.3, -0.25) is 4.79 Å². The van der Waals surface area contributed by atoms with Crippen molar-refractivity contribution in [2.75, 3.05) is 7.05 Å². The van der Waals surface area contributed by atoms with Crippen molar-refractivity contribution in [2.24, 2.45) is 0 Å². The molecule has 0 atom stereocenters. The lowest BCUT2D eigenvalue weighted by Gasteiger charge is -2.13. The molecular weight excluding hydrogens is 300 g/mol. The fraction of sp³-hybridized carbons (Fsp3) is 0.125. The highest BCUT2D eigenvalue weighted by molar-refractivity contribution is 7.19. The summed E-state index contributed by atoms with van der Waals surface area (Å²) in [5.41, 5.74) is 0.974. The highest BCUT2D eigenvalue weighted by atomic mass is 32.1. The van der Waals surface area contributed by atoms with Crippen LogP contribution in [-0.4, -0.2) is 22.8 Å². The molecule has 1 aromatic carbocycles. The molecule has 21 heavy (non-hydrogen) atoms. The molecular formula is C16H14N2OS2. The van der Waals surface area contributed by atoms with E-state index in [1.807, 2.05) is 48.8 Å². The maximum Gasteiger partial charge on any atom is 0.246 e. The van der Waals surface area contributed by atoms with Gasteiger partial charge in [-0.1, -0.05) is 18.2 Å².